The van der Waals surface area contributed by atoms with Crippen molar-refractivity contribution in [1.82, 2.24) is 4.98 Å². The predicted octanol–water partition coefficient (Wildman–Crippen LogP) is 2.65. The van der Waals surface area contributed by atoms with Crippen LogP contribution in [0, 0.1) is 6.92 Å². The van der Waals surface area contributed by atoms with E-state index in [1.165, 1.54) is 0 Å². The Bertz CT molecular complexity index is 744. The first kappa shape index (κ1) is 9.09. The van der Waals surface area contributed by atoms with E-state index >= 15 is 0 Å². The molecule has 0 aliphatic rings. The lowest BCUT2D eigenvalue weighted by Crippen LogP contribution is -1.98. The van der Waals surface area contributed by atoms with Gasteiger partial charge in [-0.15, -0.1) is 0 Å². The van der Waals surface area contributed by atoms with Crippen LogP contribution in [0.4, 0.5) is 0 Å². The van der Waals surface area contributed by atoms with Crippen LogP contribution >= 0.6 is 0 Å². The van der Waals surface area contributed by atoms with Crippen molar-refractivity contribution >= 4 is 21.9 Å². The highest BCUT2D eigenvalue weighted by Crippen LogP contribution is 2.15. The van der Waals surface area contributed by atoms with Crippen molar-refractivity contribution in [3.05, 3.63) is 52.5 Å². The Morgan fingerprint density at radius 1 is 1.12 bits per heavy atom. The molecule has 0 N–H and O–H groups in total. The van der Waals surface area contributed by atoms with Crippen LogP contribution in [0.2, 0.25) is 0 Å². The fourth-order valence-electron chi connectivity index (χ4n) is 1.86. The van der Waals surface area contributed by atoms with Crippen LogP contribution in [0.15, 0.2) is 45.6 Å². The smallest absolute Gasteiger partial charge is 0.215 e. The second-order valence-electron chi connectivity index (χ2n) is 3.70. The van der Waals surface area contributed by atoms with Gasteiger partial charge in [-0.05, 0) is 11.5 Å². The molecule has 0 amide bonds. The van der Waals surface area contributed by atoms with Gasteiger partial charge in [-0.3, -0.25) is 4.79 Å². The van der Waals surface area contributed by atoms with Crippen molar-refractivity contribution in [3.8, 4) is 0 Å². The summed E-state index contributed by atoms with van der Waals surface area (Å²) >= 11 is 0. The Hall–Kier alpha value is -2.16. The highest BCUT2D eigenvalue weighted by atomic mass is 16.3. The number of aryl methyl sites for hydroxylation is 1. The third-order valence-electron chi connectivity index (χ3n) is 2.60. The van der Waals surface area contributed by atoms with Gasteiger partial charge in [0.1, 0.15) is 0 Å². The number of oxazole rings is 1. The van der Waals surface area contributed by atoms with Crippen LogP contribution < -0.4 is 5.43 Å². The molecule has 0 unspecified atom stereocenters. The van der Waals surface area contributed by atoms with E-state index in [0.717, 1.165) is 5.39 Å². The van der Waals surface area contributed by atoms with E-state index in [2.05, 4.69) is 4.98 Å². The molecule has 0 spiro atoms. The average Bonchev–Trinajstić information content (AvgIpc) is 2.62. The van der Waals surface area contributed by atoms with E-state index in [1.54, 1.807) is 19.1 Å². The summed E-state index contributed by atoms with van der Waals surface area (Å²) < 4.78 is 5.37. The molecule has 0 fully saturated rings. The summed E-state index contributed by atoms with van der Waals surface area (Å²) in [5, 5.41) is 1.57. The minimum Gasteiger partial charge on any atom is -0.441 e. The van der Waals surface area contributed by atoms with Gasteiger partial charge in [0.15, 0.2) is 17.0 Å². The van der Waals surface area contributed by atoms with Gasteiger partial charge >= 0.3 is 0 Å². The summed E-state index contributed by atoms with van der Waals surface area (Å²) in [6, 6.07) is 11.1. The Morgan fingerprint density at radius 2 is 1.94 bits per heavy atom. The Morgan fingerprint density at radius 3 is 2.81 bits per heavy atom. The molecule has 2 aromatic carbocycles. The van der Waals surface area contributed by atoms with E-state index < -0.39 is 0 Å². The van der Waals surface area contributed by atoms with Crippen molar-refractivity contribution in [2.24, 2.45) is 0 Å². The Kier molecular flexibility index (Phi) is 1.80. The number of rotatable bonds is 0. The number of benzene rings is 1. The molecule has 1 heterocycles. The molecule has 3 rings (SSSR count). The van der Waals surface area contributed by atoms with Crippen LogP contribution in [-0.2, 0) is 0 Å². The van der Waals surface area contributed by atoms with Crippen molar-refractivity contribution in [3.63, 3.8) is 0 Å². The molecule has 3 aromatic rings. The summed E-state index contributed by atoms with van der Waals surface area (Å²) in [6.45, 7) is 1.74. The molecule has 0 saturated carbocycles. The molecule has 0 saturated heterocycles. The summed E-state index contributed by atoms with van der Waals surface area (Å²) in [5.41, 5.74) is 0.866. The zero-order chi connectivity index (χ0) is 11.1. The van der Waals surface area contributed by atoms with Crippen LogP contribution in [0.5, 0.6) is 0 Å². The first-order valence-corrected chi connectivity index (χ1v) is 5.05. The van der Waals surface area contributed by atoms with Crippen molar-refractivity contribution in [1.29, 1.82) is 0 Å². The van der Waals surface area contributed by atoms with E-state index in [9.17, 15) is 4.79 Å². The quantitative estimate of drug-likeness (QED) is 0.574. The van der Waals surface area contributed by atoms with Gasteiger partial charge in [0, 0.05) is 12.3 Å². The van der Waals surface area contributed by atoms with E-state index in [1.807, 2.05) is 24.3 Å². The highest BCUT2D eigenvalue weighted by molar-refractivity contribution is 5.89. The Labute approximate surface area is 91.3 Å². The standard InChI is InChI=1S/C13H9NO2/c1-8-14-12-11(16-8)7-6-9-4-2-3-5-10(9)13(12)15/h2-7H,1H3. The summed E-state index contributed by atoms with van der Waals surface area (Å²) in [5.74, 6) is 0.516. The van der Waals surface area contributed by atoms with Gasteiger partial charge in [-0.25, -0.2) is 4.98 Å². The molecule has 0 radical (unpaired) electrons. The molecular formula is C13H9NO2. The van der Waals surface area contributed by atoms with E-state index in [0.29, 0.717) is 22.4 Å². The summed E-state index contributed by atoms with van der Waals surface area (Å²) in [7, 11) is 0. The highest BCUT2D eigenvalue weighted by Gasteiger charge is 2.06. The average molecular weight is 211 g/mol. The largest absolute Gasteiger partial charge is 0.441 e. The topological polar surface area (TPSA) is 43.1 Å². The van der Waals surface area contributed by atoms with Crippen molar-refractivity contribution < 1.29 is 4.42 Å². The van der Waals surface area contributed by atoms with Crippen LogP contribution in [-0.4, -0.2) is 4.98 Å². The first-order chi connectivity index (χ1) is 7.75. The lowest BCUT2D eigenvalue weighted by molar-refractivity contribution is 0.561. The maximum atomic E-state index is 12.2. The lowest BCUT2D eigenvalue weighted by atomic mass is 10.2. The third kappa shape index (κ3) is 1.21. The van der Waals surface area contributed by atoms with Crippen LogP contribution in [0.25, 0.3) is 21.9 Å². The second kappa shape index (κ2) is 3.17. The monoisotopic (exact) mass is 211 g/mol. The molecule has 0 aliphatic heterocycles. The van der Waals surface area contributed by atoms with Gasteiger partial charge < -0.3 is 4.42 Å². The molecule has 3 nitrogen and oxygen atoms in total. The number of hydrogen-bond donors (Lipinski definition) is 0. The van der Waals surface area contributed by atoms with Crippen LogP contribution in [0.1, 0.15) is 5.89 Å². The van der Waals surface area contributed by atoms with Gasteiger partial charge in [0.25, 0.3) is 0 Å². The molecule has 0 atom stereocenters. The molecule has 0 aliphatic carbocycles. The zero-order valence-corrected chi connectivity index (χ0v) is 8.73. The fourth-order valence-corrected chi connectivity index (χ4v) is 1.86. The van der Waals surface area contributed by atoms with Crippen molar-refractivity contribution in [2.45, 2.75) is 6.92 Å². The fraction of sp³-hybridized carbons (Fsp3) is 0.0769. The molecule has 16 heavy (non-hydrogen) atoms. The molecule has 0 bridgehead atoms. The molecule has 3 heteroatoms. The van der Waals surface area contributed by atoms with Gasteiger partial charge in [-0.2, -0.15) is 0 Å². The third-order valence-corrected chi connectivity index (χ3v) is 2.60. The van der Waals surface area contributed by atoms with E-state index in [4.69, 9.17) is 4.42 Å². The number of fused-ring (bicyclic) bond motifs is 2. The minimum absolute atomic E-state index is 0.0764. The second-order valence-corrected chi connectivity index (χ2v) is 3.70. The predicted molar refractivity (Wildman–Crippen MR) is 62.5 cm³/mol. The van der Waals surface area contributed by atoms with Gasteiger partial charge in [0.2, 0.25) is 5.43 Å². The SMILES string of the molecule is Cc1nc2c(=O)c3ccccc3ccc2o1. The number of aromatic nitrogens is 1. The summed E-state index contributed by atoms with van der Waals surface area (Å²) in [6.07, 6.45) is 0. The van der Waals surface area contributed by atoms with Crippen LogP contribution in [0.3, 0.4) is 0 Å². The number of hydrogen-bond acceptors (Lipinski definition) is 3. The Balaban J connectivity index is 2.66. The maximum absolute atomic E-state index is 12.2. The zero-order valence-electron chi connectivity index (χ0n) is 8.73. The molecule has 78 valence electrons. The van der Waals surface area contributed by atoms with Gasteiger partial charge in [-0.1, -0.05) is 30.3 Å². The van der Waals surface area contributed by atoms with Gasteiger partial charge in [0.05, 0.1) is 0 Å². The molecular weight excluding hydrogens is 202 g/mol. The first-order valence-electron chi connectivity index (χ1n) is 5.05. The van der Waals surface area contributed by atoms with Crippen molar-refractivity contribution in [2.75, 3.05) is 0 Å². The lowest BCUT2D eigenvalue weighted by Gasteiger charge is -1.87. The normalized spacial score (nSPS) is 11.1. The minimum atomic E-state index is -0.0764. The number of nitrogens with zero attached hydrogens (tertiary/aromatic N) is 1. The maximum Gasteiger partial charge on any atom is 0.215 e. The summed E-state index contributed by atoms with van der Waals surface area (Å²) in [4.78, 5) is 16.3. The van der Waals surface area contributed by atoms with E-state index in [-0.39, 0.29) is 5.43 Å². The molecule has 1 aromatic heterocycles.